The van der Waals surface area contributed by atoms with Crippen molar-refractivity contribution in [3.63, 3.8) is 0 Å². The van der Waals surface area contributed by atoms with Crippen LogP contribution in [0.25, 0.3) is 0 Å². The number of para-hydroxylation sites is 1. The molecule has 7 heteroatoms. The van der Waals surface area contributed by atoms with E-state index in [0.717, 1.165) is 0 Å². The Morgan fingerprint density at radius 3 is 2.11 bits per heavy atom. The molecule has 0 aliphatic heterocycles. The summed E-state index contributed by atoms with van der Waals surface area (Å²) in [5.74, 6) is 0. The molecule has 2 aromatic carbocycles. The first kappa shape index (κ1) is 16.5. The van der Waals surface area contributed by atoms with E-state index in [4.69, 9.17) is 11.6 Å². The number of rotatable bonds is 3. The maximum Gasteiger partial charge on any atom is 1.00 e. The summed E-state index contributed by atoms with van der Waals surface area (Å²) in [5, 5.41) is 3.58. The standard InChI is InChI=1S/C12H10ClNO3S.Na/c13-11-3-1-2-4-12(11)14-9-5-7-10(8-6-9)18(15,16)17;/h1-8,14H,(H,15,16,17);/q;+1/p-1. The number of nitrogens with one attached hydrogen (secondary N) is 1. The Bertz CT molecular complexity index is 659. The van der Waals surface area contributed by atoms with Gasteiger partial charge in [0.05, 0.1) is 15.6 Å². The van der Waals surface area contributed by atoms with Crippen molar-refractivity contribution in [1.82, 2.24) is 0 Å². The van der Waals surface area contributed by atoms with Crippen LogP contribution in [0.15, 0.2) is 53.4 Å². The third kappa shape index (κ3) is 4.49. The van der Waals surface area contributed by atoms with E-state index < -0.39 is 10.1 Å². The van der Waals surface area contributed by atoms with Gasteiger partial charge in [0, 0.05) is 5.69 Å². The predicted molar refractivity (Wildman–Crippen MR) is 69.1 cm³/mol. The van der Waals surface area contributed by atoms with Gasteiger partial charge in [-0.25, -0.2) is 8.42 Å². The maximum absolute atomic E-state index is 10.8. The summed E-state index contributed by atoms with van der Waals surface area (Å²) in [7, 11) is -4.40. The van der Waals surface area contributed by atoms with Crippen LogP contribution in [0, 0.1) is 0 Å². The molecule has 0 heterocycles. The normalized spacial score (nSPS) is 10.6. The molecule has 2 aromatic rings. The molecule has 0 bridgehead atoms. The minimum Gasteiger partial charge on any atom is -0.744 e. The number of anilines is 2. The summed E-state index contributed by atoms with van der Waals surface area (Å²) in [6.07, 6.45) is 0. The van der Waals surface area contributed by atoms with Gasteiger partial charge in [-0.1, -0.05) is 23.7 Å². The Hall–Kier alpha value is -0.560. The smallest absolute Gasteiger partial charge is 0.744 e. The van der Waals surface area contributed by atoms with Gasteiger partial charge in [0.25, 0.3) is 0 Å². The van der Waals surface area contributed by atoms with Crippen LogP contribution in [0.2, 0.25) is 5.02 Å². The van der Waals surface area contributed by atoms with Crippen molar-refractivity contribution in [3.05, 3.63) is 53.6 Å². The third-order valence-corrected chi connectivity index (χ3v) is 3.47. The summed E-state index contributed by atoms with van der Waals surface area (Å²) in [6.45, 7) is 0. The Kier molecular flexibility index (Phi) is 5.85. The molecule has 0 aromatic heterocycles. The molecule has 0 unspecified atom stereocenters. The zero-order valence-electron chi connectivity index (χ0n) is 10.1. The minimum absolute atomic E-state index is 0. The van der Waals surface area contributed by atoms with Crippen molar-refractivity contribution in [3.8, 4) is 0 Å². The van der Waals surface area contributed by atoms with Crippen LogP contribution in [0.3, 0.4) is 0 Å². The number of hydrogen-bond acceptors (Lipinski definition) is 4. The first-order valence-corrected chi connectivity index (χ1v) is 6.83. The fraction of sp³-hybridized carbons (Fsp3) is 0. The molecule has 0 spiro atoms. The Morgan fingerprint density at radius 2 is 1.58 bits per heavy atom. The molecule has 94 valence electrons. The maximum atomic E-state index is 10.8. The zero-order valence-corrected chi connectivity index (χ0v) is 13.7. The van der Waals surface area contributed by atoms with Gasteiger partial charge >= 0.3 is 29.6 Å². The molecule has 0 aliphatic rings. The molecule has 0 saturated carbocycles. The van der Waals surface area contributed by atoms with Gasteiger partial charge in [-0.2, -0.15) is 0 Å². The van der Waals surface area contributed by atoms with Crippen LogP contribution in [0.5, 0.6) is 0 Å². The van der Waals surface area contributed by atoms with E-state index in [1.807, 2.05) is 6.07 Å². The Morgan fingerprint density at radius 1 is 1.00 bits per heavy atom. The van der Waals surface area contributed by atoms with Gasteiger partial charge < -0.3 is 9.87 Å². The zero-order chi connectivity index (χ0) is 13.2. The molecule has 0 radical (unpaired) electrons. The number of benzene rings is 2. The molecule has 0 saturated heterocycles. The van der Waals surface area contributed by atoms with Gasteiger partial charge in [-0.15, -0.1) is 0 Å². The van der Waals surface area contributed by atoms with Crippen LogP contribution < -0.4 is 34.9 Å². The quantitative estimate of drug-likeness (QED) is 0.640. The van der Waals surface area contributed by atoms with Gasteiger partial charge in [-0.3, -0.25) is 0 Å². The fourth-order valence-corrected chi connectivity index (χ4v) is 2.08. The van der Waals surface area contributed by atoms with Gasteiger partial charge in [0.2, 0.25) is 0 Å². The predicted octanol–water partition coefficient (Wildman–Crippen LogP) is -0.00830. The van der Waals surface area contributed by atoms with Crippen molar-refractivity contribution < 1.29 is 42.5 Å². The van der Waals surface area contributed by atoms with Crippen molar-refractivity contribution in [2.75, 3.05) is 5.32 Å². The summed E-state index contributed by atoms with van der Waals surface area (Å²) in [6, 6.07) is 12.7. The van der Waals surface area contributed by atoms with E-state index in [9.17, 15) is 13.0 Å². The Labute approximate surface area is 138 Å². The number of hydrogen-bond donors (Lipinski definition) is 1. The Balaban J connectivity index is 0.00000180. The van der Waals surface area contributed by atoms with Gasteiger partial charge in [0.15, 0.2) is 0 Å². The topological polar surface area (TPSA) is 69.2 Å². The van der Waals surface area contributed by atoms with Crippen LogP contribution >= 0.6 is 11.6 Å². The van der Waals surface area contributed by atoms with Crippen LogP contribution in [-0.4, -0.2) is 13.0 Å². The van der Waals surface area contributed by atoms with E-state index in [1.54, 1.807) is 18.2 Å². The fourth-order valence-electron chi connectivity index (χ4n) is 1.42. The monoisotopic (exact) mass is 305 g/mol. The molecule has 1 N–H and O–H groups in total. The summed E-state index contributed by atoms with van der Waals surface area (Å²) < 4.78 is 32.3. The molecule has 4 nitrogen and oxygen atoms in total. The summed E-state index contributed by atoms with van der Waals surface area (Å²) >= 11 is 5.97. The summed E-state index contributed by atoms with van der Waals surface area (Å²) in [5.41, 5.74) is 1.35. The van der Waals surface area contributed by atoms with Crippen LogP contribution in [0.4, 0.5) is 11.4 Å². The van der Waals surface area contributed by atoms with Crippen LogP contribution in [0.1, 0.15) is 0 Å². The third-order valence-electron chi connectivity index (χ3n) is 2.30. The van der Waals surface area contributed by atoms with E-state index in [2.05, 4.69) is 5.32 Å². The van der Waals surface area contributed by atoms with E-state index in [-0.39, 0.29) is 34.5 Å². The average molecular weight is 306 g/mol. The van der Waals surface area contributed by atoms with Crippen molar-refractivity contribution in [2.45, 2.75) is 4.90 Å². The molecular weight excluding hydrogens is 297 g/mol. The second kappa shape index (κ2) is 6.74. The first-order valence-electron chi connectivity index (χ1n) is 5.04. The van der Waals surface area contributed by atoms with Crippen LogP contribution in [-0.2, 0) is 10.1 Å². The first-order chi connectivity index (χ1) is 8.47. The van der Waals surface area contributed by atoms with E-state index >= 15 is 0 Å². The van der Waals surface area contributed by atoms with Crippen molar-refractivity contribution in [1.29, 1.82) is 0 Å². The largest absolute Gasteiger partial charge is 1.00 e. The van der Waals surface area contributed by atoms with Crippen molar-refractivity contribution in [2.24, 2.45) is 0 Å². The second-order valence-electron chi connectivity index (χ2n) is 3.58. The molecule has 0 fully saturated rings. The molecule has 0 atom stereocenters. The summed E-state index contributed by atoms with van der Waals surface area (Å²) in [4.78, 5) is -0.257. The second-order valence-corrected chi connectivity index (χ2v) is 5.37. The molecule has 2 rings (SSSR count). The van der Waals surface area contributed by atoms with Crippen molar-refractivity contribution >= 4 is 33.1 Å². The molecule has 0 amide bonds. The number of halogens is 1. The SMILES string of the molecule is O=S(=O)([O-])c1ccc(Nc2ccccc2Cl)cc1.[Na+]. The minimum atomic E-state index is -4.40. The van der Waals surface area contributed by atoms with Gasteiger partial charge in [0.1, 0.15) is 10.1 Å². The molecular formula is C12H9ClNNaO3S. The van der Waals surface area contributed by atoms with E-state index in [0.29, 0.717) is 16.4 Å². The molecule has 19 heavy (non-hydrogen) atoms. The molecule has 0 aliphatic carbocycles. The van der Waals surface area contributed by atoms with Gasteiger partial charge in [-0.05, 0) is 36.4 Å². The average Bonchev–Trinajstić information content (AvgIpc) is 2.32. The van der Waals surface area contributed by atoms with E-state index in [1.165, 1.54) is 24.3 Å².